The predicted octanol–water partition coefficient (Wildman–Crippen LogP) is 3.05. The van der Waals surface area contributed by atoms with Crippen molar-refractivity contribution in [1.29, 1.82) is 0 Å². The first-order chi connectivity index (χ1) is 12.4. The molecule has 2 heterocycles. The lowest BCUT2D eigenvalue weighted by Gasteiger charge is -2.10. The van der Waals surface area contributed by atoms with Crippen LogP contribution in [0.5, 0.6) is 0 Å². The SMILES string of the molecule is Cc1cc(NC(=O)C(=O)Nc2ccccc2Sc2c(C)n[nH]c2C)no1. The molecule has 0 aliphatic rings. The minimum absolute atomic E-state index is 0.190. The highest BCUT2D eigenvalue weighted by molar-refractivity contribution is 7.99. The van der Waals surface area contributed by atoms with Crippen molar-refractivity contribution < 1.29 is 14.1 Å². The van der Waals surface area contributed by atoms with Crippen molar-refractivity contribution in [3.8, 4) is 0 Å². The van der Waals surface area contributed by atoms with Crippen molar-refractivity contribution in [1.82, 2.24) is 15.4 Å². The van der Waals surface area contributed by atoms with Crippen molar-refractivity contribution in [3.05, 3.63) is 47.5 Å². The molecule has 134 valence electrons. The fraction of sp³-hybridized carbons (Fsp3) is 0.176. The molecular formula is C17H17N5O3S. The highest BCUT2D eigenvalue weighted by Crippen LogP contribution is 2.36. The summed E-state index contributed by atoms with van der Waals surface area (Å²) in [5, 5.41) is 15.7. The first-order valence-electron chi connectivity index (χ1n) is 7.78. The van der Waals surface area contributed by atoms with Crippen LogP contribution in [0.1, 0.15) is 17.1 Å². The van der Waals surface area contributed by atoms with Crippen LogP contribution in [0.3, 0.4) is 0 Å². The summed E-state index contributed by atoms with van der Waals surface area (Å²) in [6, 6.07) is 8.78. The van der Waals surface area contributed by atoms with Gasteiger partial charge in [-0.2, -0.15) is 5.10 Å². The first kappa shape index (κ1) is 17.7. The predicted molar refractivity (Wildman–Crippen MR) is 97.1 cm³/mol. The molecule has 2 aromatic heterocycles. The third-order valence-electron chi connectivity index (χ3n) is 3.48. The number of para-hydroxylation sites is 1. The molecular weight excluding hydrogens is 354 g/mol. The number of nitrogens with zero attached hydrogens (tertiary/aromatic N) is 2. The molecule has 8 nitrogen and oxygen atoms in total. The molecule has 0 bridgehead atoms. The smallest absolute Gasteiger partial charge is 0.315 e. The fourth-order valence-electron chi connectivity index (χ4n) is 2.24. The molecule has 1 aromatic carbocycles. The third kappa shape index (κ3) is 3.94. The standard InChI is InChI=1S/C17H17N5O3S/c1-9-8-14(22-25-9)19-17(24)16(23)18-12-6-4-5-7-13(12)26-15-10(2)20-21-11(15)3/h4-8H,1-3H3,(H,18,23)(H,20,21)(H,19,22,24). The van der Waals surface area contributed by atoms with E-state index >= 15 is 0 Å². The molecule has 0 atom stereocenters. The molecule has 0 aliphatic carbocycles. The number of aryl methyl sites for hydroxylation is 3. The largest absolute Gasteiger partial charge is 0.360 e. The number of H-pyrrole nitrogens is 1. The highest BCUT2D eigenvalue weighted by atomic mass is 32.2. The summed E-state index contributed by atoms with van der Waals surface area (Å²) in [5.74, 6) is -0.892. The number of benzene rings is 1. The number of rotatable bonds is 4. The van der Waals surface area contributed by atoms with E-state index in [4.69, 9.17) is 4.52 Å². The molecule has 9 heteroatoms. The second-order valence-electron chi connectivity index (χ2n) is 5.59. The van der Waals surface area contributed by atoms with Gasteiger partial charge >= 0.3 is 11.8 Å². The Hall–Kier alpha value is -3.07. The Kier molecular flexibility index (Phi) is 5.08. The van der Waals surface area contributed by atoms with Gasteiger partial charge in [0.2, 0.25) is 0 Å². The molecule has 0 spiro atoms. The topological polar surface area (TPSA) is 113 Å². The van der Waals surface area contributed by atoms with Gasteiger partial charge in [-0.1, -0.05) is 29.1 Å². The number of amides is 2. The van der Waals surface area contributed by atoms with Crippen molar-refractivity contribution in [2.45, 2.75) is 30.6 Å². The summed E-state index contributed by atoms with van der Waals surface area (Å²) < 4.78 is 4.85. The number of hydrogen-bond acceptors (Lipinski definition) is 6. The molecule has 3 N–H and O–H groups in total. The van der Waals surface area contributed by atoms with Gasteiger partial charge in [0.05, 0.1) is 16.3 Å². The number of nitrogens with one attached hydrogen (secondary N) is 3. The Labute approximate surface area is 153 Å². The minimum Gasteiger partial charge on any atom is -0.360 e. The fourth-order valence-corrected chi connectivity index (χ4v) is 3.22. The zero-order valence-corrected chi connectivity index (χ0v) is 15.2. The van der Waals surface area contributed by atoms with Gasteiger partial charge in [0, 0.05) is 16.7 Å². The van der Waals surface area contributed by atoms with Crippen LogP contribution in [-0.4, -0.2) is 27.2 Å². The van der Waals surface area contributed by atoms with E-state index in [9.17, 15) is 9.59 Å². The van der Waals surface area contributed by atoms with E-state index in [-0.39, 0.29) is 5.82 Å². The van der Waals surface area contributed by atoms with E-state index in [1.165, 1.54) is 17.8 Å². The van der Waals surface area contributed by atoms with Gasteiger partial charge in [0.1, 0.15) is 5.76 Å². The molecule has 0 aliphatic heterocycles. The summed E-state index contributed by atoms with van der Waals surface area (Å²) in [7, 11) is 0. The Balaban J connectivity index is 1.73. The molecule has 0 saturated carbocycles. The van der Waals surface area contributed by atoms with Crippen LogP contribution in [0.15, 0.2) is 44.6 Å². The number of carbonyl (C=O) groups is 2. The molecule has 0 fully saturated rings. The summed E-state index contributed by atoms with van der Waals surface area (Å²) in [4.78, 5) is 26.0. The molecule has 26 heavy (non-hydrogen) atoms. The lowest BCUT2D eigenvalue weighted by molar-refractivity contribution is -0.133. The second-order valence-corrected chi connectivity index (χ2v) is 6.64. The number of aromatic nitrogens is 3. The average molecular weight is 371 g/mol. The second kappa shape index (κ2) is 7.44. The Morgan fingerprint density at radius 2 is 1.85 bits per heavy atom. The highest BCUT2D eigenvalue weighted by Gasteiger charge is 2.18. The zero-order valence-electron chi connectivity index (χ0n) is 14.4. The van der Waals surface area contributed by atoms with Crippen molar-refractivity contribution in [2.75, 3.05) is 10.6 Å². The van der Waals surface area contributed by atoms with E-state index in [0.717, 1.165) is 21.2 Å². The van der Waals surface area contributed by atoms with Crippen LogP contribution >= 0.6 is 11.8 Å². The van der Waals surface area contributed by atoms with Crippen LogP contribution < -0.4 is 10.6 Å². The molecule has 3 aromatic rings. The number of anilines is 2. The van der Waals surface area contributed by atoms with E-state index < -0.39 is 11.8 Å². The summed E-state index contributed by atoms with van der Waals surface area (Å²) in [6.45, 7) is 5.52. The van der Waals surface area contributed by atoms with Gasteiger partial charge < -0.3 is 9.84 Å². The zero-order chi connectivity index (χ0) is 18.7. The van der Waals surface area contributed by atoms with Gasteiger partial charge in [-0.05, 0) is 32.9 Å². The third-order valence-corrected chi connectivity index (χ3v) is 4.87. The van der Waals surface area contributed by atoms with Crippen LogP contribution in [0.2, 0.25) is 0 Å². The lowest BCUT2D eigenvalue weighted by Crippen LogP contribution is -2.29. The molecule has 0 unspecified atom stereocenters. The molecule has 2 amide bonds. The van der Waals surface area contributed by atoms with Crippen LogP contribution in [0.4, 0.5) is 11.5 Å². The minimum atomic E-state index is -0.825. The quantitative estimate of drug-likeness (QED) is 0.608. The van der Waals surface area contributed by atoms with Gasteiger partial charge in [-0.15, -0.1) is 0 Å². The average Bonchev–Trinajstić information content (AvgIpc) is 3.16. The van der Waals surface area contributed by atoms with E-state index in [0.29, 0.717) is 11.4 Å². The monoisotopic (exact) mass is 371 g/mol. The normalized spacial score (nSPS) is 10.6. The maximum Gasteiger partial charge on any atom is 0.315 e. The lowest BCUT2D eigenvalue weighted by atomic mass is 10.3. The van der Waals surface area contributed by atoms with Crippen molar-refractivity contribution in [2.24, 2.45) is 0 Å². The summed E-state index contributed by atoms with van der Waals surface area (Å²) in [5.41, 5.74) is 2.34. The number of hydrogen-bond donors (Lipinski definition) is 3. The van der Waals surface area contributed by atoms with Crippen molar-refractivity contribution in [3.63, 3.8) is 0 Å². The number of carbonyl (C=O) groups excluding carboxylic acids is 2. The van der Waals surface area contributed by atoms with Crippen LogP contribution in [0, 0.1) is 20.8 Å². The maximum atomic E-state index is 12.2. The molecule has 3 rings (SSSR count). The van der Waals surface area contributed by atoms with Gasteiger partial charge in [0.25, 0.3) is 0 Å². The Morgan fingerprint density at radius 3 is 2.50 bits per heavy atom. The van der Waals surface area contributed by atoms with E-state index in [1.807, 2.05) is 26.0 Å². The summed E-state index contributed by atoms with van der Waals surface area (Å²) >= 11 is 1.47. The first-order valence-corrected chi connectivity index (χ1v) is 8.60. The van der Waals surface area contributed by atoms with E-state index in [1.54, 1.807) is 19.1 Å². The van der Waals surface area contributed by atoms with Crippen molar-refractivity contribution >= 4 is 35.1 Å². The number of aromatic amines is 1. The Bertz CT molecular complexity index is 943. The van der Waals surface area contributed by atoms with Crippen LogP contribution in [-0.2, 0) is 9.59 Å². The van der Waals surface area contributed by atoms with Gasteiger partial charge in [-0.25, -0.2) is 0 Å². The van der Waals surface area contributed by atoms with E-state index in [2.05, 4.69) is 26.0 Å². The van der Waals surface area contributed by atoms with Crippen LogP contribution in [0.25, 0.3) is 0 Å². The summed E-state index contributed by atoms with van der Waals surface area (Å²) in [6.07, 6.45) is 0. The Morgan fingerprint density at radius 1 is 1.12 bits per heavy atom. The van der Waals surface area contributed by atoms with Gasteiger partial charge in [0.15, 0.2) is 5.82 Å². The molecule has 0 saturated heterocycles. The molecule has 0 radical (unpaired) electrons. The van der Waals surface area contributed by atoms with Gasteiger partial charge in [-0.3, -0.25) is 20.0 Å². The maximum absolute atomic E-state index is 12.2.